The molecule has 0 radical (unpaired) electrons. The van der Waals surface area contributed by atoms with Crippen molar-refractivity contribution in [2.45, 2.75) is 50.1 Å². The van der Waals surface area contributed by atoms with Crippen LogP contribution in [0, 0.1) is 5.92 Å². The van der Waals surface area contributed by atoms with Crippen molar-refractivity contribution in [1.82, 2.24) is 4.72 Å². The average molecular weight is 282 g/mol. The van der Waals surface area contributed by atoms with Crippen LogP contribution in [-0.4, -0.2) is 14.5 Å². The summed E-state index contributed by atoms with van der Waals surface area (Å²) >= 11 is 0. The zero-order valence-corrected chi connectivity index (χ0v) is 12.1. The first-order chi connectivity index (χ1) is 9.03. The van der Waals surface area contributed by atoms with Gasteiger partial charge < -0.3 is 5.73 Å². The first kappa shape index (κ1) is 14.5. The van der Waals surface area contributed by atoms with E-state index in [-0.39, 0.29) is 6.04 Å². The summed E-state index contributed by atoms with van der Waals surface area (Å²) < 4.78 is 27.4. The summed E-state index contributed by atoms with van der Waals surface area (Å²) in [6.45, 7) is 2.31. The Morgan fingerprint density at radius 3 is 2.68 bits per heavy atom. The van der Waals surface area contributed by atoms with E-state index < -0.39 is 10.0 Å². The Bertz CT molecular complexity index is 522. The van der Waals surface area contributed by atoms with E-state index in [0.717, 1.165) is 18.4 Å². The Kier molecular flexibility index (Phi) is 4.60. The van der Waals surface area contributed by atoms with Gasteiger partial charge in [0, 0.05) is 12.6 Å². The van der Waals surface area contributed by atoms with E-state index in [1.165, 1.54) is 12.8 Å². The second kappa shape index (κ2) is 6.03. The fourth-order valence-corrected chi connectivity index (χ4v) is 4.09. The number of rotatable bonds is 5. The minimum Gasteiger partial charge on any atom is -0.326 e. The maximum atomic E-state index is 12.3. The van der Waals surface area contributed by atoms with Gasteiger partial charge in [-0.15, -0.1) is 0 Å². The third kappa shape index (κ3) is 3.55. The predicted molar refractivity (Wildman–Crippen MR) is 76.1 cm³/mol. The fourth-order valence-electron chi connectivity index (χ4n) is 2.71. The van der Waals surface area contributed by atoms with Crippen LogP contribution in [0.5, 0.6) is 0 Å². The van der Waals surface area contributed by atoms with Crippen molar-refractivity contribution in [1.29, 1.82) is 0 Å². The van der Waals surface area contributed by atoms with Crippen LogP contribution in [0.1, 0.15) is 38.2 Å². The lowest BCUT2D eigenvalue weighted by atomic mass is 10.0. The Labute approximate surface area is 115 Å². The van der Waals surface area contributed by atoms with Crippen molar-refractivity contribution < 1.29 is 8.42 Å². The molecule has 0 heterocycles. The highest BCUT2D eigenvalue weighted by atomic mass is 32.2. The Balaban J connectivity index is 2.12. The Morgan fingerprint density at radius 2 is 2.05 bits per heavy atom. The SMILES string of the molecule is CC(NS(=O)(=O)c1cccc(CN)c1)C1CCCC1. The highest BCUT2D eigenvalue weighted by Crippen LogP contribution is 2.28. The molecule has 0 amide bonds. The van der Waals surface area contributed by atoms with E-state index in [0.29, 0.717) is 17.4 Å². The first-order valence-electron chi connectivity index (χ1n) is 6.84. The lowest BCUT2D eigenvalue weighted by Crippen LogP contribution is -2.37. The van der Waals surface area contributed by atoms with Crippen LogP contribution < -0.4 is 10.5 Å². The number of hydrogen-bond acceptors (Lipinski definition) is 3. The molecular weight excluding hydrogens is 260 g/mol. The van der Waals surface area contributed by atoms with Crippen LogP contribution in [0.4, 0.5) is 0 Å². The maximum absolute atomic E-state index is 12.3. The zero-order chi connectivity index (χ0) is 13.9. The molecule has 0 aromatic heterocycles. The molecule has 106 valence electrons. The first-order valence-corrected chi connectivity index (χ1v) is 8.32. The smallest absolute Gasteiger partial charge is 0.240 e. The molecule has 4 nitrogen and oxygen atoms in total. The summed E-state index contributed by atoms with van der Waals surface area (Å²) in [5.74, 6) is 0.465. The van der Waals surface area contributed by atoms with Crippen LogP contribution in [0.3, 0.4) is 0 Å². The third-order valence-electron chi connectivity index (χ3n) is 3.89. The van der Waals surface area contributed by atoms with Crippen LogP contribution in [0.15, 0.2) is 29.2 Å². The van der Waals surface area contributed by atoms with Crippen LogP contribution in [0.2, 0.25) is 0 Å². The average Bonchev–Trinajstić information content (AvgIpc) is 2.92. The van der Waals surface area contributed by atoms with Crippen LogP contribution in [0.25, 0.3) is 0 Å². The molecule has 1 fully saturated rings. The third-order valence-corrected chi connectivity index (χ3v) is 5.45. The number of nitrogens with one attached hydrogen (secondary N) is 1. The molecule has 1 unspecified atom stereocenters. The van der Waals surface area contributed by atoms with Crippen molar-refractivity contribution in [2.75, 3.05) is 0 Å². The predicted octanol–water partition coefficient (Wildman–Crippen LogP) is 2.00. The number of nitrogens with two attached hydrogens (primary N) is 1. The lowest BCUT2D eigenvalue weighted by Gasteiger charge is -2.20. The van der Waals surface area contributed by atoms with Gasteiger partial charge in [0.1, 0.15) is 0 Å². The molecule has 2 rings (SSSR count). The van der Waals surface area contributed by atoms with Gasteiger partial charge in [-0.1, -0.05) is 25.0 Å². The molecule has 1 aliphatic carbocycles. The minimum atomic E-state index is -3.44. The lowest BCUT2D eigenvalue weighted by molar-refractivity contribution is 0.424. The molecule has 1 aromatic carbocycles. The molecule has 1 atom stereocenters. The van der Waals surface area contributed by atoms with E-state index in [1.807, 2.05) is 13.0 Å². The molecule has 19 heavy (non-hydrogen) atoms. The van der Waals surface area contributed by atoms with Crippen LogP contribution in [-0.2, 0) is 16.6 Å². The molecule has 0 spiro atoms. The molecule has 3 N–H and O–H groups in total. The van der Waals surface area contributed by atoms with E-state index in [9.17, 15) is 8.42 Å². The summed E-state index contributed by atoms with van der Waals surface area (Å²) in [5, 5.41) is 0. The summed E-state index contributed by atoms with van der Waals surface area (Å²) in [5.41, 5.74) is 6.38. The zero-order valence-electron chi connectivity index (χ0n) is 11.3. The summed E-state index contributed by atoms with van der Waals surface area (Å²) in [6, 6.07) is 6.82. The largest absolute Gasteiger partial charge is 0.326 e. The monoisotopic (exact) mass is 282 g/mol. The number of sulfonamides is 1. The second-order valence-corrected chi connectivity index (χ2v) is 7.02. The topological polar surface area (TPSA) is 72.2 Å². The fraction of sp³-hybridized carbons (Fsp3) is 0.571. The summed E-state index contributed by atoms with van der Waals surface area (Å²) in [7, 11) is -3.44. The molecule has 0 saturated heterocycles. The van der Waals surface area contributed by atoms with Crippen LogP contribution >= 0.6 is 0 Å². The Hall–Kier alpha value is -0.910. The van der Waals surface area contributed by atoms with Gasteiger partial charge in [-0.25, -0.2) is 13.1 Å². The normalized spacial score (nSPS) is 18.6. The molecule has 1 aromatic rings. The van der Waals surface area contributed by atoms with Crippen molar-refractivity contribution in [3.8, 4) is 0 Å². The minimum absolute atomic E-state index is 0.00553. The van der Waals surface area contributed by atoms with Crippen molar-refractivity contribution in [3.05, 3.63) is 29.8 Å². The van der Waals surface area contributed by atoms with Crippen molar-refractivity contribution >= 4 is 10.0 Å². The van der Waals surface area contributed by atoms with Gasteiger partial charge in [0.05, 0.1) is 4.90 Å². The van der Waals surface area contributed by atoms with Gasteiger partial charge >= 0.3 is 0 Å². The van der Waals surface area contributed by atoms with Gasteiger partial charge in [-0.3, -0.25) is 0 Å². The number of hydrogen-bond donors (Lipinski definition) is 2. The van der Waals surface area contributed by atoms with Crippen molar-refractivity contribution in [3.63, 3.8) is 0 Å². The summed E-state index contributed by atoms with van der Waals surface area (Å²) in [4.78, 5) is 0.306. The molecule has 0 bridgehead atoms. The van der Waals surface area contributed by atoms with E-state index >= 15 is 0 Å². The van der Waals surface area contributed by atoms with Gasteiger partial charge in [-0.2, -0.15) is 0 Å². The van der Waals surface area contributed by atoms with Gasteiger partial charge in [0.15, 0.2) is 0 Å². The van der Waals surface area contributed by atoms with Gasteiger partial charge in [0.2, 0.25) is 10.0 Å². The Morgan fingerprint density at radius 1 is 1.37 bits per heavy atom. The van der Waals surface area contributed by atoms with E-state index in [1.54, 1.807) is 18.2 Å². The van der Waals surface area contributed by atoms with E-state index in [2.05, 4.69) is 4.72 Å². The molecule has 1 saturated carbocycles. The molecule has 5 heteroatoms. The summed E-state index contributed by atoms with van der Waals surface area (Å²) in [6.07, 6.45) is 4.65. The molecule has 1 aliphatic rings. The van der Waals surface area contributed by atoms with Crippen molar-refractivity contribution in [2.24, 2.45) is 11.7 Å². The number of benzene rings is 1. The second-order valence-electron chi connectivity index (χ2n) is 5.31. The molecular formula is C14H22N2O2S. The van der Waals surface area contributed by atoms with E-state index in [4.69, 9.17) is 5.73 Å². The quantitative estimate of drug-likeness (QED) is 0.867. The highest BCUT2D eigenvalue weighted by molar-refractivity contribution is 7.89. The van der Waals surface area contributed by atoms with Gasteiger partial charge in [0.25, 0.3) is 0 Å². The maximum Gasteiger partial charge on any atom is 0.240 e. The van der Waals surface area contributed by atoms with Gasteiger partial charge in [-0.05, 0) is 43.4 Å². The highest BCUT2D eigenvalue weighted by Gasteiger charge is 2.26. The molecule has 0 aliphatic heterocycles. The standard InChI is InChI=1S/C14H22N2O2S/c1-11(13-6-2-3-7-13)16-19(17,18)14-8-4-5-12(9-14)10-15/h4-5,8-9,11,13,16H,2-3,6-7,10,15H2,1H3.